The fourth-order valence-electron chi connectivity index (χ4n) is 4.42. The molecule has 1 aliphatic carbocycles. The van der Waals surface area contributed by atoms with Crippen molar-refractivity contribution < 1.29 is 19.4 Å². The quantitative estimate of drug-likeness (QED) is 0.264. The normalized spacial score (nSPS) is 17.3. The molecule has 0 aromatic carbocycles. The van der Waals surface area contributed by atoms with Crippen LogP contribution in [0.2, 0.25) is 0 Å². The molecule has 0 bridgehead atoms. The molecule has 0 aromatic rings. The van der Waals surface area contributed by atoms with Gasteiger partial charge in [0.15, 0.2) is 5.78 Å². The van der Waals surface area contributed by atoms with Crippen molar-refractivity contribution in [1.82, 2.24) is 0 Å². The van der Waals surface area contributed by atoms with E-state index in [4.69, 9.17) is 4.74 Å². The number of hydrogen-bond acceptors (Lipinski definition) is 4. The molecular weight excluding hydrogens is 412 g/mol. The van der Waals surface area contributed by atoms with E-state index in [9.17, 15) is 14.7 Å². The number of Topliss-reactive ketones (excluding diaryl/α,β-unsaturated/α-hetero) is 1. The topological polar surface area (TPSA) is 63.6 Å². The Morgan fingerprint density at radius 1 is 0.909 bits per heavy atom. The molecule has 4 nitrogen and oxygen atoms in total. The highest BCUT2D eigenvalue weighted by molar-refractivity contribution is 6.02. The van der Waals surface area contributed by atoms with Crippen LogP contribution < -0.4 is 0 Å². The van der Waals surface area contributed by atoms with Gasteiger partial charge >= 0.3 is 5.97 Å². The minimum Gasteiger partial charge on any atom is -0.511 e. The van der Waals surface area contributed by atoms with Crippen LogP contribution in [0.1, 0.15) is 120 Å². The third-order valence-corrected chi connectivity index (χ3v) is 7.07. The van der Waals surface area contributed by atoms with Crippen molar-refractivity contribution in [2.45, 2.75) is 120 Å². The van der Waals surface area contributed by atoms with E-state index < -0.39 is 5.41 Å². The highest BCUT2D eigenvalue weighted by atomic mass is 16.5. The smallest absolute Gasteiger partial charge is 0.310 e. The molecule has 33 heavy (non-hydrogen) atoms. The number of aliphatic hydroxyl groups is 1. The van der Waals surface area contributed by atoms with E-state index in [0.29, 0.717) is 36.4 Å². The Kier molecular flexibility index (Phi) is 11.9. The Hall–Kier alpha value is -1.58. The predicted molar refractivity (Wildman–Crippen MR) is 137 cm³/mol. The first kappa shape index (κ1) is 29.5. The second kappa shape index (κ2) is 13.3. The van der Waals surface area contributed by atoms with E-state index in [0.717, 1.165) is 44.1 Å². The van der Waals surface area contributed by atoms with Gasteiger partial charge in [0.25, 0.3) is 0 Å². The van der Waals surface area contributed by atoms with Crippen molar-refractivity contribution in [3.05, 3.63) is 22.7 Å². The standard InChI is InChI=1S/C29H50O4/c1-10-22(9)26(31)25-27(33-24(30)11-2)23(13-12-19(3)4)18-29(28(25)32,16-14-20(5)6)17-15-21(7)8/h19-22,32H,10-18H2,1-9H3. The predicted octanol–water partition coefficient (Wildman–Crippen LogP) is 8.32. The van der Waals surface area contributed by atoms with Crippen LogP contribution in [-0.2, 0) is 14.3 Å². The third-order valence-electron chi connectivity index (χ3n) is 7.07. The summed E-state index contributed by atoms with van der Waals surface area (Å²) >= 11 is 0. The second-order valence-electron chi connectivity index (χ2n) is 11.4. The SMILES string of the molecule is CCC(=O)OC1=C(CCC(C)C)CC(CCC(C)C)(CCC(C)C)C(O)=C1C(=O)C(C)CC. The Morgan fingerprint density at radius 3 is 1.85 bits per heavy atom. The van der Waals surface area contributed by atoms with Gasteiger partial charge in [0, 0.05) is 17.8 Å². The van der Waals surface area contributed by atoms with Crippen LogP contribution in [0.3, 0.4) is 0 Å². The van der Waals surface area contributed by atoms with Gasteiger partial charge in [-0.1, -0.05) is 62.3 Å². The molecule has 0 fully saturated rings. The summed E-state index contributed by atoms with van der Waals surface area (Å²) < 4.78 is 5.83. The largest absolute Gasteiger partial charge is 0.511 e. The molecule has 1 unspecified atom stereocenters. The highest BCUT2D eigenvalue weighted by Crippen LogP contribution is 2.51. The van der Waals surface area contributed by atoms with Crippen LogP contribution in [0, 0.1) is 29.1 Å². The zero-order valence-corrected chi connectivity index (χ0v) is 22.8. The highest BCUT2D eigenvalue weighted by Gasteiger charge is 2.45. The van der Waals surface area contributed by atoms with E-state index in [1.54, 1.807) is 6.92 Å². The summed E-state index contributed by atoms with van der Waals surface area (Å²) in [7, 11) is 0. The lowest BCUT2D eigenvalue weighted by Gasteiger charge is -2.41. The Morgan fingerprint density at radius 2 is 1.42 bits per heavy atom. The fourth-order valence-corrected chi connectivity index (χ4v) is 4.42. The van der Waals surface area contributed by atoms with Crippen LogP contribution in [0.15, 0.2) is 22.7 Å². The number of carbonyl (C=O) groups is 2. The maximum atomic E-state index is 13.6. The monoisotopic (exact) mass is 462 g/mol. The zero-order chi connectivity index (χ0) is 25.3. The van der Waals surface area contributed by atoms with Gasteiger partial charge < -0.3 is 9.84 Å². The second-order valence-corrected chi connectivity index (χ2v) is 11.4. The number of rotatable bonds is 14. The minimum absolute atomic E-state index is 0.103. The van der Waals surface area contributed by atoms with E-state index in [2.05, 4.69) is 41.5 Å². The molecule has 0 saturated heterocycles. The van der Waals surface area contributed by atoms with Crippen molar-refractivity contribution in [2.24, 2.45) is 29.1 Å². The fraction of sp³-hybridized carbons (Fsp3) is 0.793. The molecule has 0 saturated carbocycles. The number of esters is 1. The molecule has 190 valence electrons. The van der Waals surface area contributed by atoms with Crippen molar-refractivity contribution in [3.8, 4) is 0 Å². The molecule has 0 spiro atoms. The van der Waals surface area contributed by atoms with Crippen molar-refractivity contribution in [1.29, 1.82) is 0 Å². The molecule has 1 atom stereocenters. The lowest BCUT2D eigenvalue weighted by molar-refractivity contribution is -0.139. The first-order chi connectivity index (χ1) is 15.4. The van der Waals surface area contributed by atoms with Gasteiger partial charge in [-0.2, -0.15) is 0 Å². The Bertz CT molecular complexity index is 712. The Balaban J connectivity index is 3.75. The first-order valence-electron chi connectivity index (χ1n) is 13.3. The Labute approximate surface area is 203 Å². The van der Waals surface area contributed by atoms with Gasteiger partial charge in [0.2, 0.25) is 0 Å². The van der Waals surface area contributed by atoms with Crippen LogP contribution in [0.4, 0.5) is 0 Å². The number of carbonyl (C=O) groups excluding carboxylic acids is 2. The molecule has 0 radical (unpaired) electrons. The number of ketones is 1. The van der Waals surface area contributed by atoms with Crippen LogP contribution in [0.25, 0.3) is 0 Å². The van der Waals surface area contributed by atoms with Gasteiger partial charge in [0.1, 0.15) is 11.5 Å². The van der Waals surface area contributed by atoms with E-state index in [1.165, 1.54) is 0 Å². The van der Waals surface area contributed by atoms with E-state index in [-0.39, 0.29) is 35.4 Å². The first-order valence-corrected chi connectivity index (χ1v) is 13.3. The van der Waals surface area contributed by atoms with Crippen LogP contribution in [0.5, 0.6) is 0 Å². The maximum Gasteiger partial charge on any atom is 0.310 e. The van der Waals surface area contributed by atoms with E-state index in [1.807, 2.05) is 13.8 Å². The van der Waals surface area contributed by atoms with Crippen LogP contribution in [-0.4, -0.2) is 16.9 Å². The molecule has 1 rings (SSSR count). The maximum absolute atomic E-state index is 13.6. The lowest BCUT2D eigenvalue weighted by atomic mass is 9.65. The molecule has 0 aromatic heterocycles. The summed E-state index contributed by atoms with van der Waals surface area (Å²) in [4.78, 5) is 26.0. The van der Waals surface area contributed by atoms with Gasteiger partial charge in [-0.15, -0.1) is 0 Å². The molecule has 4 heteroatoms. The summed E-state index contributed by atoms with van der Waals surface area (Å²) in [5.41, 5.74) is 0.840. The molecule has 0 aliphatic heterocycles. The van der Waals surface area contributed by atoms with E-state index >= 15 is 0 Å². The zero-order valence-electron chi connectivity index (χ0n) is 22.8. The number of allylic oxidation sites excluding steroid dienone is 3. The summed E-state index contributed by atoms with van der Waals surface area (Å²) in [5.74, 6) is 1.33. The number of ether oxygens (including phenoxy) is 1. The number of hydrogen-bond donors (Lipinski definition) is 1. The summed E-state index contributed by atoms with van der Waals surface area (Å²) in [6.45, 7) is 18.8. The molecule has 0 heterocycles. The number of aliphatic hydroxyl groups excluding tert-OH is 1. The minimum atomic E-state index is -0.471. The average Bonchev–Trinajstić information content (AvgIpc) is 2.75. The van der Waals surface area contributed by atoms with Gasteiger partial charge in [-0.3, -0.25) is 9.59 Å². The molecule has 1 aliphatic rings. The summed E-state index contributed by atoms with van der Waals surface area (Å²) in [6.07, 6.45) is 6.94. The summed E-state index contributed by atoms with van der Waals surface area (Å²) in [6, 6.07) is 0. The van der Waals surface area contributed by atoms with Gasteiger partial charge in [0.05, 0.1) is 5.57 Å². The lowest BCUT2D eigenvalue weighted by Crippen LogP contribution is -2.34. The van der Waals surface area contributed by atoms with Crippen LogP contribution >= 0.6 is 0 Å². The molecule has 1 N–H and O–H groups in total. The van der Waals surface area contributed by atoms with Crippen molar-refractivity contribution in [2.75, 3.05) is 0 Å². The third kappa shape index (κ3) is 8.30. The van der Waals surface area contributed by atoms with Gasteiger partial charge in [-0.05, 0) is 74.7 Å². The van der Waals surface area contributed by atoms with Crippen molar-refractivity contribution in [3.63, 3.8) is 0 Å². The molecular formula is C29H50O4. The molecule has 0 amide bonds. The average molecular weight is 463 g/mol. The van der Waals surface area contributed by atoms with Gasteiger partial charge in [-0.25, -0.2) is 0 Å². The van der Waals surface area contributed by atoms with Crippen molar-refractivity contribution >= 4 is 11.8 Å². The summed E-state index contributed by atoms with van der Waals surface area (Å²) in [5, 5.41) is 11.8.